The van der Waals surface area contributed by atoms with Gasteiger partial charge in [0.25, 0.3) is 5.69 Å². The topological polar surface area (TPSA) is 140 Å². The van der Waals surface area contributed by atoms with Crippen molar-refractivity contribution in [2.75, 3.05) is 31.2 Å². The zero-order valence-corrected chi connectivity index (χ0v) is 22.4. The minimum Gasteiger partial charge on any atom is -0.462 e. The number of nitrogens with zero attached hydrogens (tertiary/aromatic N) is 3. The van der Waals surface area contributed by atoms with Gasteiger partial charge >= 0.3 is 11.9 Å². The van der Waals surface area contributed by atoms with Crippen LogP contribution in [0.2, 0.25) is 0 Å². The first kappa shape index (κ1) is 28.5. The summed E-state index contributed by atoms with van der Waals surface area (Å²) in [5.41, 5.74) is 0.971. The molecule has 10 nitrogen and oxygen atoms in total. The van der Waals surface area contributed by atoms with E-state index in [1.165, 1.54) is 12.1 Å². The molecule has 200 valence electrons. The summed E-state index contributed by atoms with van der Waals surface area (Å²) in [5.74, 6) is -1.89. The van der Waals surface area contributed by atoms with E-state index in [0.717, 1.165) is 43.7 Å². The lowest BCUT2D eigenvalue weighted by molar-refractivity contribution is -0.384. The van der Waals surface area contributed by atoms with Crippen LogP contribution in [0.15, 0.2) is 23.8 Å². The highest BCUT2D eigenvalue weighted by molar-refractivity contribution is 7.14. The van der Waals surface area contributed by atoms with Gasteiger partial charge in [0, 0.05) is 30.5 Å². The fraction of sp³-hybridized carbons (Fsp3) is 0.407. The number of carbonyl (C=O) groups excluding carboxylic acids is 3. The van der Waals surface area contributed by atoms with Crippen LogP contribution >= 0.6 is 11.3 Å². The van der Waals surface area contributed by atoms with Crippen molar-refractivity contribution in [1.29, 1.82) is 5.26 Å². The van der Waals surface area contributed by atoms with E-state index in [4.69, 9.17) is 9.47 Å². The third-order valence-corrected chi connectivity index (χ3v) is 7.38. The van der Waals surface area contributed by atoms with Crippen molar-refractivity contribution in [3.63, 3.8) is 0 Å². The maximum atomic E-state index is 13.1. The number of piperidine rings is 1. The molecule has 0 aliphatic carbocycles. The van der Waals surface area contributed by atoms with Crippen LogP contribution in [-0.2, 0) is 20.7 Å². The molecule has 0 unspecified atom stereocenters. The second-order valence-corrected chi connectivity index (χ2v) is 9.72. The average Bonchev–Trinajstić information content (AvgIpc) is 3.23. The van der Waals surface area contributed by atoms with Gasteiger partial charge in [-0.25, -0.2) is 9.59 Å². The standard InChI is InChI=1S/C27H29N3O7S/c1-4-36-26(32)24-17(3)25(27(33)37-5-2)38-23(24)15-22(31)19(16-28)13-18-9-10-20(21(14-18)30(34)35)29-11-7-6-8-12-29/h9-10,13-14H,4-8,11-12,15H2,1-3H3/b19-13-. The van der Waals surface area contributed by atoms with E-state index in [1.807, 2.05) is 11.0 Å². The molecule has 2 aromatic rings. The third kappa shape index (κ3) is 6.44. The van der Waals surface area contributed by atoms with Gasteiger partial charge in [0.2, 0.25) is 0 Å². The fourth-order valence-corrected chi connectivity index (χ4v) is 5.51. The first-order valence-corrected chi connectivity index (χ1v) is 13.2. The first-order chi connectivity index (χ1) is 18.2. The molecule has 1 fully saturated rings. The van der Waals surface area contributed by atoms with Gasteiger partial charge < -0.3 is 14.4 Å². The third-order valence-electron chi connectivity index (χ3n) is 6.11. The van der Waals surface area contributed by atoms with E-state index in [2.05, 4.69) is 0 Å². The van der Waals surface area contributed by atoms with Crippen LogP contribution in [0.1, 0.15) is 69.1 Å². The highest BCUT2D eigenvalue weighted by atomic mass is 32.1. The number of esters is 2. The van der Waals surface area contributed by atoms with E-state index in [-0.39, 0.29) is 46.2 Å². The van der Waals surface area contributed by atoms with Crippen LogP contribution in [0.5, 0.6) is 0 Å². The lowest BCUT2D eigenvalue weighted by Crippen LogP contribution is -2.29. The minimum absolute atomic E-state index is 0.0945. The number of nitriles is 1. The minimum atomic E-state index is -0.675. The number of Topliss-reactive ketones (excluding diaryl/α,β-unsaturated/α-hetero) is 1. The number of ether oxygens (including phenoxy) is 2. The molecule has 0 amide bonds. The number of allylic oxidation sites excluding steroid dienone is 1. The van der Waals surface area contributed by atoms with Gasteiger partial charge in [-0.3, -0.25) is 14.9 Å². The molecular weight excluding hydrogens is 510 g/mol. The Kier molecular flexibility index (Phi) is 9.73. The number of carbonyl (C=O) groups is 3. The van der Waals surface area contributed by atoms with Crippen LogP contribution in [0.3, 0.4) is 0 Å². The molecule has 1 saturated heterocycles. The molecular formula is C27H29N3O7S. The number of hydrogen-bond donors (Lipinski definition) is 0. The molecule has 0 saturated carbocycles. The van der Waals surface area contributed by atoms with Gasteiger partial charge in [0.1, 0.15) is 16.6 Å². The van der Waals surface area contributed by atoms with E-state index < -0.39 is 22.6 Å². The second-order valence-electron chi connectivity index (χ2n) is 8.62. The van der Waals surface area contributed by atoms with E-state index in [0.29, 0.717) is 16.8 Å². The molecule has 1 aromatic heterocycles. The molecule has 0 radical (unpaired) electrons. The molecule has 0 spiro atoms. The van der Waals surface area contributed by atoms with Crippen molar-refractivity contribution in [3.8, 4) is 6.07 Å². The summed E-state index contributed by atoms with van der Waals surface area (Å²) in [7, 11) is 0. The summed E-state index contributed by atoms with van der Waals surface area (Å²) < 4.78 is 10.2. The maximum Gasteiger partial charge on any atom is 0.348 e. The smallest absolute Gasteiger partial charge is 0.348 e. The second kappa shape index (κ2) is 13.0. The van der Waals surface area contributed by atoms with Crippen LogP contribution in [-0.4, -0.2) is 48.9 Å². The highest BCUT2D eigenvalue weighted by Gasteiger charge is 2.28. The lowest BCUT2D eigenvalue weighted by atomic mass is 10.0. The normalized spacial score (nSPS) is 13.5. The number of ketones is 1. The Balaban J connectivity index is 1.94. The van der Waals surface area contributed by atoms with Gasteiger partial charge in [-0.15, -0.1) is 11.3 Å². The molecule has 1 aromatic carbocycles. The van der Waals surface area contributed by atoms with Crippen LogP contribution in [0.4, 0.5) is 11.4 Å². The molecule has 11 heteroatoms. The molecule has 0 atom stereocenters. The Labute approximate surface area is 224 Å². The van der Waals surface area contributed by atoms with E-state index in [9.17, 15) is 29.8 Å². The van der Waals surface area contributed by atoms with Crippen molar-refractivity contribution in [3.05, 3.63) is 60.3 Å². The average molecular weight is 540 g/mol. The summed E-state index contributed by atoms with van der Waals surface area (Å²) in [6.45, 7) is 6.58. The summed E-state index contributed by atoms with van der Waals surface area (Å²) >= 11 is 0.947. The molecule has 2 heterocycles. The highest BCUT2D eigenvalue weighted by Crippen LogP contribution is 2.33. The molecule has 0 N–H and O–H groups in total. The molecule has 0 bridgehead atoms. The monoisotopic (exact) mass is 539 g/mol. The summed E-state index contributed by atoms with van der Waals surface area (Å²) in [4.78, 5) is 51.9. The number of rotatable bonds is 10. The number of anilines is 1. The van der Waals surface area contributed by atoms with Crippen LogP contribution in [0, 0.1) is 28.4 Å². The van der Waals surface area contributed by atoms with Crippen molar-refractivity contribution in [2.45, 2.75) is 46.5 Å². The van der Waals surface area contributed by atoms with Gasteiger partial charge in [0.05, 0.1) is 29.3 Å². The Hall–Kier alpha value is -4.04. The van der Waals surface area contributed by atoms with E-state index in [1.54, 1.807) is 32.9 Å². The summed E-state index contributed by atoms with van der Waals surface area (Å²) in [6, 6.07) is 6.50. The van der Waals surface area contributed by atoms with Gasteiger partial charge in [0.15, 0.2) is 5.78 Å². The largest absolute Gasteiger partial charge is 0.462 e. The van der Waals surface area contributed by atoms with E-state index >= 15 is 0 Å². The number of nitro benzene ring substituents is 1. The Bertz CT molecular complexity index is 1320. The quantitative estimate of drug-likeness (QED) is 0.134. The fourth-order valence-electron chi connectivity index (χ4n) is 4.32. The number of hydrogen-bond acceptors (Lipinski definition) is 10. The predicted octanol–water partition coefficient (Wildman–Crippen LogP) is 5.03. The lowest BCUT2D eigenvalue weighted by Gasteiger charge is -2.28. The Morgan fingerprint density at radius 2 is 1.79 bits per heavy atom. The van der Waals surface area contributed by atoms with Crippen molar-refractivity contribution < 1.29 is 28.8 Å². The zero-order chi connectivity index (χ0) is 27.8. The van der Waals surface area contributed by atoms with Gasteiger partial charge in [-0.1, -0.05) is 6.07 Å². The molecule has 3 rings (SSSR count). The van der Waals surface area contributed by atoms with Gasteiger partial charge in [-0.05, 0) is 63.3 Å². The number of nitro groups is 1. The Morgan fingerprint density at radius 1 is 1.13 bits per heavy atom. The van der Waals surface area contributed by atoms with Crippen LogP contribution in [0.25, 0.3) is 6.08 Å². The maximum absolute atomic E-state index is 13.1. The SMILES string of the molecule is CCOC(=O)c1sc(CC(=O)/C(C#N)=C\c2ccc(N3CCCCC3)c([N+](=O)[O-])c2)c(C(=O)OCC)c1C. The summed E-state index contributed by atoms with van der Waals surface area (Å²) in [6.07, 6.45) is 3.97. The predicted molar refractivity (Wildman–Crippen MR) is 142 cm³/mol. The zero-order valence-electron chi connectivity index (χ0n) is 21.6. The van der Waals surface area contributed by atoms with Crippen LogP contribution < -0.4 is 4.90 Å². The summed E-state index contributed by atoms with van der Waals surface area (Å²) in [5, 5.41) is 21.5. The molecule has 1 aliphatic heterocycles. The van der Waals surface area contributed by atoms with Crippen molar-refractivity contribution in [1.82, 2.24) is 0 Å². The number of benzene rings is 1. The Morgan fingerprint density at radius 3 is 2.39 bits per heavy atom. The number of thiophene rings is 1. The first-order valence-electron chi connectivity index (χ1n) is 12.4. The molecule has 38 heavy (non-hydrogen) atoms. The van der Waals surface area contributed by atoms with Crippen molar-refractivity contribution >= 4 is 46.5 Å². The van der Waals surface area contributed by atoms with Gasteiger partial charge in [-0.2, -0.15) is 5.26 Å². The molecule has 1 aliphatic rings. The van der Waals surface area contributed by atoms with Crippen molar-refractivity contribution in [2.24, 2.45) is 0 Å².